The van der Waals surface area contributed by atoms with Crippen molar-refractivity contribution in [2.75, 3.05) is 11.6 Å². The zero-order valence-corrected chi connectivity index (χ0v) is 15.5. The van der Waals surface area contributed by atoms with E-state index in [0.717, 1.165) is 11.1 Å². The van der Waals surface area contributed by atoms with Crippen LogP contribution in [-0.2, 0) is 16.1 Å². The maximum Gasteiger partial charge on any atom is 0.247 e. The standard InChI is InChI=1S/C21H22N2O2S/c1-16-7-9-17(10-8-16)11-12-20(24)23-15-26-14-19(23)21(25)22-13-18-5-3-2-4-6-18/h2-12,19H,13-15H2,1H3,(H,22,25). The van der Waals surface area contributed by atoms with Gasteiger partial charge in [0.05, 0.1) is 5.88 Å². The molecule has 0 spiro atoms. The second-order valence-corrected chi connectivity index (χ2v) is 7.27. The molecule has 1 N–H and O–H groups in total. The highest BCUT2D eigenvalue weighted by molar-refractivity contribution is 7.99. The Balaban J connectivity index is 1.58. The third-order valence-electron chi connectivity index (χ3n) is 4.27. The van der Waals surface area contributed by atoms with E-state index >= 15 is 0 Å². The molecule has 4 nitrogen and oxygen atoms in total. The van der Waals surface area contributed by atoms with Crippen LogP contribution in [0, 0.1) is 6.92 Å². The average molecular weight is 366 g/mol. The first-order valence-electron chi connectivity index (χ1n) is 8.58. The van der Waals surface area contributed by atoms with Crippen molar-refractivity contribution in [3.63, 3.8) is 0 Å². The average Bonchev–Trinajstić information content (AvgIpc) is 3.16. The minimum atomic E-state index is -0.418. The molecule has 0 aliphatic carbocycles. The van der Waals surface area contributed by atoms with Crippen molar-refractivity contribution in [1.82, 2.24) is 10.2 Å². The highest BCUT2D eigenvalue weighted by Gasteiger charge is 2.33. The maximum atomic E-state index is 12.5. The normalized spacial score (nSPS) is 16.8. The van der Waals surface area contributed by atoms with E-state index < -0.39 is 6.04 Å². The van der Waals surface area contributed by atoms with Crippen LogP contribution in [0.4, 0.5) is 0 Å². The van der Waals surface area contributed by atoms with Crippen LogP contribution >= 0.6 is 11.8 Å². The summed E-state index contributed by atoms with van der Waals surface area (Å²) in [7, 11) is 0. The van der Waals surface area contributed by atoms with E-state index in [9.17, 15) is 9.59 Å². The predicted molar refractivity (Wildman–Crippen MR) is 106 cm³/mol. The van der Waals surface area contributed by atoms with Crippen LogP contribution < -0.4 is 5.32 Å². The summed E-state index contributed by atoms with van der Waals surface area (Å²) in [5.41, 5.74) is 3.20. The van der Waals surface area contributed by atoms with Gasteiger partial charge in [-0.15, -0.1) is 11.8 Å². The smallest absolute Gasteiger partial charge is 0.247 e. The molecule has 1 atom stereocenters. The molecule has 2 aromatic carbocycles. The van der Waals surface area contributed by atoms with Gasteiger partial charge in [-0.25, -0.2) is 0 Å². The Morgan fingerprint density at radius 1 is 1.15 bits per heavy atom. The molecule has 1 saturated heterocycles. The van der Waals surface area contributed by atoms with Crippen molar-refractivity contribution in [1.29, 1.82) is 0 Å². The van der Waals surface area contributed by atoms with Gasteiger partial charge in [0.1, 0.15) is 6.04 Å². The monoisotopic (exact) mass is 366 g/mol. The Morgan fingerprint density at radius 2 is 1.88 bits per heavy atom. The Kier molecular flexibility index (Phi) is 6.12. The lowest BCUT2D eigenvalue weighted by Crippen LogP contribution is -2.46. The number of thioether (sulfide) groups is 1. The van der Waals surface area contributed by atoms with Crippen LogP contribution in [0.25, 0.3) is 6.08 Å². The van der Waals surface area contributed by atoms with Gasteiger partial charge in [0.2, 0.25) is 11.8 Å². The molecule has 0 radical (unpaired) electrons. The quantitative estimate of drug-likeness (QED) is 0.827. The van der Waals surface area contributed by atoms with Crippen LogP contribution in [0.3, 0.4) is 0 Å². The summed E-state index contributed by atoms with van der Waals surface area (Å²) in [6, 6.07) is 17.3. The summed E-state index contributed by atoms with van der Waals surface area (Å²) in [5, 5.41) is 2.94. The van der Waals surface area contributed by atoms with E-state index in [1.807, 2.05) is 61.5 Å². The number of hydrogen-bond donors (Lipinski definition) is 1. The van der Waals surface area contributed by atoms with Crippen LogP contribution in [0.1, 0.15) is 16.7 Å². The fourth-order valence-corrected chi connectivity index (χ4v) is 3.88. The molecule has 26 heavy (non-hydrogen) atoms. The molecule has 134 valence electrons. The Morgan fingerprint density at radius 3 is 2.62 bits per heavy atom. The van der Waals surface area contributed by atoms with E-state index in [1.54, 1.807) is 28.8 Å². The lowest BCUT2D eigenvalue weighted by atomic mass is 10.1. The van der Waals surface area contributed by atoms with Crippen molar-refractivity contribution >= 4 is 29.7 Å². The Bertz CT molecular complexity index is 787. The van der Waals surface area contributed by atoms with Crippen molar-refractivity contribution in [2.45, 2.75) is 19.5 Å². The van der Waals surface area contributed by atoms with Crippen LogP contribution in [0.5, 0.6) is 0 Å². The van der Waals surface area contributed by atoms with E-state index in [2.05, 4.69) is 5.32 Å². The number of rotatable bonds is 5. The number of amides is 2. The highest BCUT2D eigenvalue weighted by Crippen LogP contribution is 2.22. The number of hydrogen-bond acceptors (Lipinski definition) is 3. The van der Waals surface area contributed by atoms with Crippen LogP contribution in [0.15, 0.2) is 60.7 Å². The van der Waals surface area contributed by atoms with Crippen molar-refractivity contribution in [3.05, 3.63) is 77.4 Å². The van der Waals surface area contributed by atoms with Crippen LogP contribution in [-0.4, -0.2) is 34.4 Å². The van der Waals surface area contributed by atoms with Gasteiger partial charge in [-0.2, -0.15) is 0 Å². The van der Waals surface area contributed by atoms with Crippen LogP contribution in [0.2, 0.25) is 0 Å². The molecule has 2 amide bonds. The summed E-state index contributed by atoms with van der Waals surface area (Å²) in [6.07, 6.45) is 3.34. The third-order valence-corrected chi connectivity index (χ3v) is 5.29. The van der Waals surface area contributed by atoms with E-state index in [1.165, 1.54) is 5.56 Å². The molecular weight excluding hydrogens is 344 g/mol. The molecule has 1 unspecified atom stereocenters. The molecule has 2 aromatic rings. The lowest BCUT2D eigenvalue weighted by Gasteiger charge is -2.21. The summed E-state index contributed by atoms with van der Waals surface area (Å²) in [4.78, 5) is 26.7. The topological polar surface area (TPSA) is 49.4 Å². The van der Waals surface area contributed by atoms with Gasteiger partial charge in [-0.05, 0) is 24.1 Å². The Labute approximate surface area is 158 Å². The zero-order valence-electron chi connectivity index (χ0n) is 14.7. The number of nitrogens with zero attached hydrogens (tertiary/aromatic N) is 1. The summed E-state index contributed by atoms with van der Waals surface area (Å²) in [6.45, 7) is 2.50. The van der Waals surface area contributed by atoms with E-state index in [4.69, 9.17) is 0 Å². The van der Waals surface area contributed by atoms with Gasteiger partial charge in [0.15, 0.2) is 0 Å². The number of carbonyl (C=O) groups is 2. The fraction of sp³-hybridized carbons (Fsp3) is 0.238. The predicted octanol–water partition coefficient (Wildman–Crippen LogP) is 3.23. The highest BCUT2D eigenvalue weighted by atomic mass is 32.2. The second kappa shape index (κ2) is 8.72. The molecule has 0 aromatic heterocycles. The molecule has 1 heterocycles. The number of benzene rings is 2. The zero-order chi connectivity index (χ0) is 18.4. The van der Waals surface area contributed by atoms with Crippen molar-refractivity contribution in [3.8, 4) is 0 Å². The number of aryl methyl sites for hydroxylation is 1. The summed E-state index contributed by atoms with van der Waals surface area (Å²) < 4.78 is 0. The summed E-state index contributed by atoms with van der Waals surface area (Å²) in [5.74, 6) is 0.942. The van der Waals surface area contributed by atoms with Gasteiger partial charge in [-0.3, -0.25) is 9.59 Å². The lowest BCUT2D eigenvalue weighted by molar-refractivity contribution is -0.134. The molecule has 3 rings (SSSR count). The molecule has 0 saturated carbocycles. The molecule has 0 bridgehead atoms. The number of carbonyl (C=O) groups excluding carboxylic acids is 2. The largest absolute Gasteiger partial charge is 0.350 e. The van der Waals surface area contributed by atoms with Crippen molar-refractivity contribution in [2.24, 2.45) is 0 Å². The van der Waals surface area contributed by atoms with Gasteiger partial charge in [0.25, 0.3) is 0 Å². The minimum Gasteiger partial charge on any atom is -0.350 e. The fourth-order valence-electron chi connectivity index (χ4n) is 2.72. The van der Waals surface area contributed by atoms with Gasteiger partial charge in [-0.1, -0.05) is 60.2 Å². The van der Waals surface area contributed by atoms with Gasteiger partial charge in [0, 0.05) is 18.4 Å². The first-order chi connectivity index (χ1) is 12.6. The van der Waals surface area contributed by atoms with E-state index in [0.29, 0.717) is 18.2 Å². The first-order valence-corrected chi connectivity index (χ1v) is 9.74. The van der Waals surface area contributed by atoms with Gasteiger partial charge < -0.3 is 10.2 Å². The molecule has 5 heteroatoms. The molecule has 1 aliphatic heterocycles. The summed E-state index contributed by atoms with van der Waals surface area (Å²) >= 11 is 1.60. The molecule has 1 fully saturated rings. The van der Waals surface area contributed by atoms with Crippen molar-refractivity contribution < 1.29 is 9.59 Å². The first kappa shape index (κ1) is 18.3. The minimum absolute atomic E-state index is 0.101. The Hall–Kier alpha value is -2.53. The maximum absolute atomic E-state index is 12.5. The SMILES string of the molecule is Cc1ccc(C=CC(=O)N2CSCC2C(=O)NCc2ccccc2)cc1. The molecular formula is C21H22N2O2S. The van der Waals surface area contributed by atoms with E-state index in [-0.39, 0.29) is 11.8 Å². The van der Waals surface area contributed by atoms with Gasteiger partial charge >= 0.3 is 0 Å². The number of nitrogens with one attached hydrogen (secondary N) is 1. The second-order valence-electron chi connectivity index (χ2n) is 6.27. The molecule has 1 aliphatic rings. The third kappa shape index (κ3) is 4.76.